The summed E-state index contributed by atoms with van der Waals surface area (Å²) in [6.07, 6.45) is 7.85. The van der Waals surface area contributed by atoms with E-state index in [1.807, 2.05) is 36.9 Å². The molecule has 0 atom stereocenters. The van der Waals surface area contributed by atoms with Crippen molar-refractivity contribution in [2.45, 2.75) is 5.66 Å². The molecule has 10 rings (SSSR count). The first-order valence-corrected chi connectivity index (χ1v) is 14.9. The number of anilines is 6. The number of rotatable bonds is 0. The Labute approximate surface area is 254 Å². The molecule has 0 unspecified atom stereocenters. The lowest BCUT2D eigenvalue weighted by Gasteiger charge is -2.49. The second-order valence-corrected chi connectivity index (χ2v) is 11.6. The lowest BCUT2D eigenvalue weighted by molar-refractivity contribution is 0.469. The maximum absolute atomic E-state index is 6.48. The van der Waals surface area contributed by atoms with Crippen LogP contribution in [0.5, 0.6) is 11.5 Å². The van der Waals surface area contributed by atoms with Crippen molar-refractivity contribution in [1.29, 1.82) is 0 Å². The molecular weight excluding hydrogens is 544 g/mol. The molecular formula is C37H26N6O. The third-order valence-electron chi connectivity index (χ3n) is 9.45. The van der Waals surface area contributed by atoms with Gasteiger partial charge in [-0.25, -0.2) is 0 Å². The fourth-order valence-electron chi connectivity index (χ4n) is 7.69. The van der Waals surface area contributed by atoms with Crippen LogP contribution >= 0.6 is 0 Å². The highest BCUT2D eigenvalue weighted by atomic mass is 16.5. The summed E-state index contributed by atoms with van der Waals surface area (Å²) in [5.41, 5.74) is 10.7. The maximum atomic E-state index is 6.48. The second kappa shape index (κ2) is 8.61. The zero-order valence-corrected chi connectivity index (χ0v) is 23.7. The Kier molecular flexibility index (Phi) is 4.64. The number of pyridine rings is 2. The van der Waals surface area contributed by atoms with Gasteiger partial charge in [0.05, 0.1) is 36.1 Å². The fraction of sp³-hybridized carbons (Fsp3) is 0.0811. The van der Waals surface area contributed by atoms with Gasteiger partial charge in [-0.1, -0.05) is 36.4 Å². The Hall–Kier alpha value is -5.82. The van der Waals surface area contributed by atoms with Gasteiger partial charge in [0.1, 0.15) is 11.5 Å². The van der Waals surface area contributed by atoms with Crippen LogP contribution in [0.1, 0.15) is 11.1 Å². The van der Waals surface area contributed by atoms with E-state index in [9.17, 15) is 0 Å². The third kappa shape index (κ3) is 3.00. The number of hydrogen-bond acceptors (Lipinski definition) is 7. The van der Waals surface area contributed by atoms with E-state index in [1.165, 1.54) is 11.1 Å². The van der Waals surface area contributed by atoms with Crippen LogP contribution in [0.25, 0.3) is 11.1 Å². The fourth-order valence-corrected chi connectivity index (χ4v) is 7.69. The van der Waals surface area contributed by atoms with Crippen molar-refractivity contribution in [2.24, 2.45) is 0 Å². The summed E-state index contributed by atoms with van der Waals surface area (Å²) in [5, 5.41) is 0. The molecule has 1 aliphatic carbocycles. The molecule has 6 aromatic rings. The molecule has 7 nitrogen and oxygen atoms in total. The number of para-hydroxylation sites is 4. The minimum absolute atomic E-state index is 0.635. The summed E-state index contributed by atoms with van der Waals surface area (Å²) in [6.45, 7) is 1.27. The Bertz CT molecular complexity index is 1980. The number of nitrogens with zero attached hydrogens (tertiary/aromatic N) is 6. The normalized spacial score (nSPS) is 16.2. The largest absolute Gasteiger partial charge is 0.457 e. The first-order chi connectivity index (χ1) is 21.8. The average molecular weight is 571 g/mol. The van der Waals surface area contributed by atoms with Crippen molar-refractivity contribution < 1.29 is 4.74 Å². The molecule has 0 fully saturated rings. The van der Waals surface area contributed by atoms with E-state index >= 15 is 0 Å². The van der Waals surface area contributed by atoms with Gasteiger partial charge in [0.15, 0.2) is 5.66 Å². The van der Waals surface area contributed by atoms with Gasteiger partial charge in [0.2, 0.25) is 0 Å². The minimum Gasteiger partial charge on any atom is -0.457 e. The summed E-state index contributed by atoms with van der Waals surface area (Å²) >= 11 is 0. The van der Waals surface area contributed by atoms with Crippen molar-refractivity contribution in [2.75, 3.05) is 32.9 Å². The molecule has 8 bridgehead atoms. The predicted octanol–water partition coefficient (Wildman–Crippen LogP) is 8.00. The highest BCUT2D eigenvalue weighted by Crippen LogP contribution is 2.60. The highest BCUT2D eigenvalue weighted by molar-refractivity contribution is 5.93. The number of hydrogen-bond donors (Lipinski definition) is 0. The number of ether oxygens (including phenoxy) is 1. The van der Waals surface area contributed by atoms with Gasteiger partial charge in [-0.3, -0.25) is 9.97 Å². The molecule has 0 saturated carbocycles. The van der Waals surface area contributed by atoms with Crippen molar-refractivity contribution in [3.05, 3.63) is 145 Å². The Balaban J connectivity index is 1.34. The molecule has 44 heavy (non-hydrogen) atoms. The number of aromatic nitrogens is 2. The monoisotopic (exact) mass is 570 g/mol. The number of benzene rings is 4. The highest BCUT2D eigenvalue weighted by Gasteiger charge is 2.57. The van der Waals surface area contributed by atoms with Crippen molar-refractivity contribution in [3.8, 4) is 22.6 Å². The standard InChI is InChI=1S/C37H26N6O/c1-3-13-35-33(11-1)40-23-42(35)37(31-15-17-38-21-29(31)30-22-39-18-16-32(30)37)43-24-41(34-12-2-4-14-36(34)43)26-8-6-10-28(20-26)44-27-9-5-7-25(40)19-27/h1-22H,23-24H2. The van der Waals surface area contributed by atoms with Gasteiger partial charge in [0.25, 0.3) is 0 Å². The Morgan fingerprint density at radius 2 is 1.00 bits per heavy atom. The third-order valence-corrected chi connectivity index (χ3v) is 9.45. The summed E-state index contributed by atoms with van der Waals surface area (Å²) in [7, 11) is 0. The van der Waals surface area contributed by atoms with Crippen LogP contribution < -0.4 is 24.3 Å². The van der Waals surface area contributed by atoms with Gasteiger partial charge in [-0.2, -0.15) is 0 Å². The molecule has 5 heterocycles. The molecule has 4 aliphatic rings. The average Bonchev–Trinajstić information content (AvgIpc) is 3.74. The molecule has 3 aliphatic heterocycles. The van der Waals surface area contributed by atoms with E-state index < -0.39 is 5.66 Å². The van der Waals surface area contributed by atoms with Crippen LogP contribution in [-0.4, -0.2) is 23.3 Å². The molecule has 0 N–H and O–H groups in total. The van der Waals surface area contributed by atoms with E-state index in [4.69, 9.17) is 4.74 Å². The topological polar surface area (TPSA) is 48.0 Å². The SMILES string of the molecule is c1cc2cc(c1)N1CN(c3ccccc31)C1(c3ccncc3-c3cnccc31)N1CN(c3cccc(c3)O2)c2ccccc21. The van der Waals surface area contributed by atoms with E-state index in [0.29, 0.717) is 13.3 Å². The molecule has 0 amide bonds. The van der Waals surface area contributed by atoms with E-state index in [0.717, 1.165) is 56.8 Å². The maximum Gasteiger partial charge on any atom is 0.170 e. The zero-order valence-electron chi connectivity index (χ0n) is 23.7. The van der Waals surface area contributed by atoms with Crippen molar-refractivity contribution in [1.82, 2.24) is 9.97 Å². The van der Waals surface area contributed by atoms with Crippen LogP contribution in [0.3, 0.4) is 0 Å². The van der Waals surface area contributed by atoms with E-state index in [1.54, 1.807) is 0 Å². The molecule has 2 aromatic heterocycles. The smallest absolute Gasteiger partial charge is 0.170 e. The van der Waals surface area contributed by atoms with Crippen molar-refractivity contribution >= 4 is 34.1 Å². The summed E-state index contributed by atoms with van der Waals surface area (Å²) in [5.74, 6) is 1.61. The van der Waals surface area contributed by atoms with Crippen LogP contribution in [0.4, 0.5) is 34.1 Å². The molecule has 0 radical (unpaired) electrons. The lowest BCUT2D eigenvalue weighted by Crippen LogP contribution is -2.59. The summed E-state index contributed by atoms with van der Waals surface area (Å²) in [4.78, 5) is 19.1. The Morgan fingerprint density at radius 3 is 1.50 bits per heavy atom. The van der Waals surface area contributed by atoms with E-state index in [-0.39, 0.29) is 0 Å². The van der Waals surface area contributed by atoms with Crippen LogP contribution in [0, 0.1) is 0 Å². The van der Waals surface area contributed by atoms with Gasteiger partial charge in [-0.05, 0) is 60.7 Å². The van der Waals surface area contributed by atoms with Crippen LogP contribution in [0.2, 0.25) is 0 Å². The lowest BCUT2D eigenvalue weighted by atomic mass is 9.92. The molecule has 1 spiro atoms. The Morgan fingerprint density at radius 1 is 0.523 bits per heavy atom. The molecule has 4 aromatic carbocycles. The van der Waals surface area contributed by atoms with Gasteiger partial charge in [0, 0.05) is 70.5 Å². The summed E-state index contributed by atoms with van der Waals surface area (Å²) < 4.78 is 6.48. The number of fused-ring (bicyclic) bond motifs is 23. The first-order valence-electron chi connectivity index (χ1n) is 14.9. The quantitative estimate of drug-likeness (QED) is 0.183. The van der Waals surface area contributed by atoms with Gasteiger partial charge < -0.3 is 24.3 Å². The predicted molar refractivity (Wildman–Crippen MR) is 173 cm³/mol. The molecule has 0 saturated heterocycles. The van der Waals surface area contributed by atoms with Crippen molar-refractivity contribution in [3.63, 3.8) is 0 Å². The van der Waals surface area contributed by atoms with Crippen LogP contribution in [-0.2, 0) is 5.66 Å². The van der Waals surface area contributed by atoms with Gasteiger partial charge >= 0.3 is 0 Å². The molecule has 7 heteroatoms. The summed E-state index contributed by atoms with van der Waals surface area (Å²) in [6, 6.07) is 38.7. The first kappa shape index (κ1) is 23.7. The zero-order chi connectivity index (χ0) is 28.8. The molecule has 210 valence electrons. The van der Waals surface area contributed by atoms with E-state index in [2.05, 4.69) is 127 Å². The van der Waals surface area contributed by atoms with Crippen LogP contribution in [0.15, 0.2) is 134 Å². The minimum atomic E-state index is -0.692. The van der Waals surface area contributed by atoms with Gasteiger partial charge in [-0.15, -0.1) is 0 Å². The second-order valence-electron chi connectivity index (χ2n) is 11.6.